The number of aromatic nitrogens is 4. The van der Waals surface area contributed by atoms with Crippen molar-refractivity contribution in [2.75, 3.05) is 11.6 Å². The van der Waals surface area contributed by atoms with Crippen molar-refractivity contribution in [3.05, 3.63) is 52.3 Å². The van der Waals surface area contributed by atoms with Crippen molar-refractivity contribution in [3.63, 3.8) is 0 Å². The van der Waals surface area contributed by atoms with E-state index in [9.17, 15) is 0 Å². The van der Waals surface area contributed by atoms with Crippen LogP contribution in [0.2, 0.25) is 0 Å². The standard InChI is InChI=1S/C17H14BrN5OS/c1-9-4-3-5-13(19-9)15-20-12-7-6-10(18)8-11(12)14-16(24-15)21-17(25-2)23-22-14/h3-8,15,20H,1-2H3. The van der Waals surface area contributed by atoms with E-state index < -0.39 is 6.23 Å². The van der Waals surface area contributed by atoms with E-state index in [0.717, 1.165) is 27.1 Å². The quantitative estimate of drug-likeness (QED) is 0.627. The topological polar surface area (TPSA) is 72.8 Å². The summed E-state index contributed by atoms with van der Waals surface area (Å²) in [6, 6.07) is 11.8. The average Bonchev–Trinajstić information content (AvgIpc) is 2.77. The first-order valence-corrected chi connectivity index (χ1v) is 9.61. The highest BCUT2D eigenvalue weighted by Gasteiger charge is 2.27. The van der Waals surface area contributed by atoms with Gasteiger partial charge in [0, 0.05) is 21.4 Å². The van der Waals surface area contributed by atoms with Gasteiger partial charge in [0.25, 0.3) is 0 Å². The Morgan fingerprint density at radius 2 is 2.04 bits per heavy atom. The number of halogens is 1. The predicted molar refractivity (Wildman–Crippen MR) is 101 cm³/mol. The fraction of sp³-hybridized carbons (Fsp3) is 0.176. The highest BCUT2D eigenvalue weighted by molar-refractivity contribution is 9.10. The smallest absolute Gasteiger partial charge is 0.247 e. The van der Waals surface area contributed by atoms with Gasteiger partial charge in [0.1, 0.15) is 5.69 Å². The maximum absolute atomic E-state index is 6.15. The third kappa shape index (κ3) is 3.19. The minimum atomic E-state index is -0.465. The van der Waals surface area contributed by atoms with Gasteiger partial charge in [-0.15, -0.1) is 10.2 Å². The van der Waals surface area contributed by atoms with Crippen molar-refractivity contribution in [1.82, 2.24) is 20.2 Å². The molecular formula is C17H14BrN5OS. The second-order valence-corrected chi connectivity index (χ2v) is 7.18. The summed E-state index contributed by atoms with van der Waals surface area (Å²) in [5, 5.41) is 12.5. The average molecular weight is 416 g/mol. The molecule has 126 valence electrons. The summed E-state index contributed by atoms with van der Waals surface area (Å²) in [5.41, 5.74) is 4.09. The first-order chi connectivity index (χ1) is 12.1. The molecule has 0 saturated carbocycles. The molecule has 25 heavy (non-hydrogen) atoms. The summed E-state index contributed by atoms with van der Waals surface area (Å²) < 4.78 is 7.09. The number of rotatable bonds is 2. The minimum Gasteiger partial charge on any atom is -0.446 e. The molecule has 0 aliphatic carbocycles. The maximum atomic E-state index is 6.15. The van der Waals surface area contributed by atoms with Gasteiger partial charge in [0.2, 0.25) is 17.3 Å². The van der Waals surface area contributed by atoms with Crippen LogP contribution in [0.1, 0.15) is 17.6 Å². The number of thioether (sulfide) groups is 1. The summed E-state index contributed by atoms with van der Waals surface area (Å²) in [7, 11) is 0. The summed E-state index contributed by atoms with van der Waals surface area (Å²) in [6.07, 6.45) is 1.44. The Balaban J connectivity index is 1.88. The molecule has 1 aromatic carbocycles. The Kier molecular flexibility index (Phi) is 4.30. The number of anilines is 1. The lowest BCUT2D eigenvalue weighted by Gasteiger charge is -2.18. The van der Waals surface area contributed by atoms with Crippen LogP contribution in [0.3, 0.4) is 0 Å². The number of pyridine rings is 1. The van der Waals surface area contributed by atoms with Gasteiger partial charge in [-0.05, 0) is 43.5 Å². The van der Waals surface area contributed by atoms with Gasteiger partial charge in [-0.1, -0.05) is 33.8 Å². The third-order valence-electron chi connectivity index (χ3n) is 3.75. The van der Waals surface area contributed by atoms with E-state index in [2.05, 4.69) is 41.4 Å². The van der Waals surface area contributed by atoms with Gasteiger partial charge < -0.3 is 10.1 Å². The van der Waals surface area contributed by atoms with Crippen molar-refractivity contribution in [2.24, 2.45) is 0 Å². The molecule has 0 amide bonds. The lowest BCUT2D eigenvalue weighted by Crippen LogP contribution is -2.18. The molecule has 0 spiro atoms. The van der Waals surface area contributed by atoms with E-state index in [0.29, 0.717) is 16.7 Å². The number of nitrogens with one attached hydrogen (secondary N) is 1. The number of fused-ring (bicyclic) bond motifs is 3. The molecule has 1 aliphatic rings. The molecule has 1 N–H and O–H groups in total. The zero-order chi connectivity index (χ0) is 17.4. The first-order valence-electron chi connectivity index (χ1n) is 7.59. The van der Waals surface area contributed by atoms with Crippen LogP contribution in [-0.4, -0.2) is 26.4 Å². The molecule has 4 rings (SSSR count). The Morgan fingerprint density at radius 1 is 1.16 bits per heavy atom. The van der Waals surface area contributed by atoms with Crippen LogP contribution in [0.25, 0.3) is 11.3 Å². The van der Waals surface area contributed by atoms with Gasteiger partial charge >= 0.3 is 0 Å². The third-order valence-corrected chi connectivity index (χ3v) is 4.78. The zero-order valence-electron chi connectivity index (χ0n) is 13.5. The van der Waals surface area contributed by atoms with E-state index in [4.69, 9.17) is 4.74 Å². The van der Waals surface area contributed by atoms with Crippen LogP contribution in [0, 0.1) is 6.92 Å². The van der Waals surface area contributed by atoms with Crippen molar-refractivity contribution in [3.8, 4) is 17.1 Å². The number of hydrogen-bond donors (Lipinski definition) is 1. The van der Waals surface area contributed by atoms with E-state index >= 15 is 0 Å². The normalized spacial score (nSPS) is 15.4. The summed E-state index contributed by atoms with van der Waals surface area (Å²) >= 11 is 4.93. The molecule has 1 unspecified atom stereocenters. The van der Waals surface area contributed by atoms with Gasteiger partial charge in [-0.2, -0.15) is 4.98 Å². The highest BCUT2D eigenvalue weighted by Crippen LogP contribution is 2.40. The van der Waals surface area contributed by atoms with E-state index in [-0.39, 0.29) is 0 Å². The fourth-order valence-electron chi connectivity index (χ4n) is 2.60. The minimum absolute atomic E-state index is 0.442. The molecule has 0 fully saturated rings. The van der Waals surface area contributed by atoms with Crippen LogP contribution in [-0.2, 0) is 0 Å². The Morgan fingerprint density at radius 3 is 2.84 bits per heavy atom. The van der Waals surface area contributed by atoms with Crippen LogP contribution in [0.15, 0.2) is 46.0 Å². The van der Waals surface area contributed by atoms with Crippen LogP contribution in [0.5, 0.6) is 5.88 Å². The van der Waals surface area contributed by atoms with Crippen molar-refractivity contribution in [2.45, 2.75) is 18.3 Å². The van der Waals surface area contributed by atoms with Crippen LogP contribution in [0.4, 0.5) is 5.69 Å². The molecule has 3 heterocycles. The SMILES string of the molecule is CSc1nnc2c(n1)OC(c1cccc(C)n1)Nc1ccc(Br)cc1-2. The number of benzene rings is 1. The zero-order valence-corrected chi connectivity index (χ0v) is 15.9. The highest BCUT2D eigenvalue weighted by atomic mass is 79.9. The van der Waals surface area contributed by atoms with Crippen molar-refractivity contribution in [1.29, 1.82) is 0 Å². The Bertz CT molecular complexity index is 952. The Labute approximate surface area is 157 Å². The Hall–Kier alpha value is -2.19. The summed E-state index contributed by atoms with van der Waals surface area (Å²) in [6.45, 7) is 1.95. The maximum Gasteiger partial charge on any atom is 0.247 e. The molecule has 3 aromatic rings. The molecule has 6 nitrogen and oxygen atoms in total. The molecule has 2 aromatic heterocycles. The van der Waals surface area contributed by atoms with Crippen LogP contribution >= 0.6 is 27.7 Å². The number of hydrogen-bond acceptors (Lipinski definition) is 7. The second-order valence-electron chi connectivity index (χ2n) is 5.49. The van der Waals surface area contributed by atoms with E-state index in [1.165, 1.54) is 11.8 Å². The van der Waals surface area contributed by atoms with Crippen molar-refractivity contribution < 1.29 is 4.74 Å². The molecule has 8 heteroatoms. The number of aryl methyl sites for hydroxylation is 1. The fourth-order valence-corrected chi connectivity index (χ4v) is 3.26. The largest absolute Gasteiger partial charge is 0.446 e. The molecule has 0 saturated heterocycles. The van der Waals surface area contributed by atoms with Gasteiger partial charge in [-0.25, -0.2) is 0 Å². The molecular weight excluding hydrogens is 402 g/mol. The number of ether oxygens (including phenoxy) is 1. The lowest BCUT2D eigenvalue weighted by atomic mass is 10.1. The summed E-state index contributed by atoms with van der Waals surface area (Å²) in [5.74, 6) is 0.442. The lowest BCUT2D eigenvalue weighted by molar-refractivity contribution is 0.220. The van der Waals surface area contributed by atoms with Gasteiger partial charge in [0.15, 0.2) is 5.69 Å². The molecule has 0 radical (unpaired) electrons. The van der Waals surface area contributed by atoms with E-state index in [1.807, 2.05) is 49.6 Å². The van der Waals surface area contributed by atoms with Crippen molar-refractivity contribution >= 4 is 33.4 Å². The van der Waals surface area contributed by atoms with Gasteiger partial charge in [0.05, 0.1) is 0 Å². The summed E-state index contributed by atoms with van der Waals surface area (Å²) in [4.78, 5) is 9.08. The molecule has 1 aliphatic heterocycles. The second kappa shape index (κ2) is 6.61. The number of nitrogens with zero attached hydrogens (tertiary/aromatic N) is 4. The monoisotopic (exact) mass is 415 g/mol. The molecule has 0 bridgehead atoms. The van der Waals surface area contributed by atoms with E-state index in [1.54, 1.807) is 0 Å². The predicted octanol–water partition coefficient (Wildman–Crippen LogP) is 4.23. The van der Waals surface area contributed by atoms with Crippen LogP contribution < -0.4 is 10.1 Å². The first kappa shape index (κ1) is 16.3. The van der Waals surface area contributed by atoms with Gasteiger partial charge in [-0.3, -0.25) is 4.98 Å². The molecule has 1 atom stereocenters.